The standard InChI is InChI=1S/C16H17N3O2/c1-11-8-15-14(12(2)16(11)19(20)21)5-7-18(15)10-13-4-3-6-17-9-13/h3-4,6,8-9H,5,7,10H2,1-2H3. The molecule has 0 saturated carbocycles. The zero-order chi connectivity index (χ0) is 15.0. The van der Waals surface area contributed by atoms with Gasteiger partial charge in [0.05, 0.1) is 4.92 Å². The van der Waals surface area contributed by atoms with Crippen molar-refractivity contribution >= 4 is 11.4 Å². The third kappa shape index (κ3) is 2.35. The topological polar surface area (TPSA) is 59.3 Å². The minimum Gasteiger partial charge on any atom is -0.367 e. The lowest BCUT2D eigenvalue weighted by molar-refractivity contribution is -0.386. The summed E-state index contributed by atoms with van der Waals surface area (Å²) in [5, 5.41) is 11.2. The van der Waals surface area contributed by atoms with Crippen molar-refractivity contribution in [2.75, 3.05) is 11.4 Å². The molecule has 0 N–H and O–H groups in total. The molecule has 0 saturated heterocycles. The molecule has 0 atom stereocenters. The maximum absolute atomic E-state index is 11.2. The van der Waals surface area contributed by atoms with E-state index in [0.29, 0.717) is 0 Å². The lowest BCUT2D eigenvalue weighted by Crippen LogP contribution is -2.19. The second kappa shape index (κ2) is 5.16. The fourth-order valence-electron chi connectivity index (χ4n) is 3.11. The molecule has 108 valence electrons. The highest BCUT2D eigenvalue weighted by molar-refractivity contribution is 5.68. The molecule has 5 nitrogen and oxygen atoms in total. The highest BCUT2D eigenvalue weighted by Gasteiger charge is 2.27. The number of pyridine rings is 1. The molecule has 3 rings (SSSR count). The van der Waals surface area contributed by atoms with Crippen molar-refractivity contribution in [2.45, 2.75) is 26.8 Å². The molecule has 21 heavy (non-hydrogen) atoms. The van der Waals surface area contributed by atoms with E-state index in [9.17, 15) is 10.1 Å². The van der Waals surface area contributed by atoms with Gasteiger partial charge in [0.2, 0.25) is 0 Å². The van der Waals surface area contributed by atoms with E-state index >= 15 is 0 Å². The first-order chi connectivity index (χ1) is 10.1. The maximum atomic E-state index is 11.2. The van der Waals surface area contributed by atoms with Gasteiger partial charge in [-0.15, -0.1) is 0 Å². The Hall–Kier alpha value is -2.43. The molecule has 0 amide bonds. The first-order valence-electron chi connectivity index (χ1n) is 6.99. The Balaban J connectivity index is 1.98. The number of aryl methyl sites for hydroxylation is 1. The Labute approximate surface area is 123 Å². The lowest BCUT2D eigenvalue weighted by atomic mass is 10.0. The third-order valence-corrected chi connectivity index (χ3v) is 4.10. The second-order valence-corrected chi connectivity index (χ2v) is 5.45. The summed E-state index contributed by atoms with van der Waals surface area (Å²) in [6, 6.07) is 5.93. The average molecular weight is 283 g/mol. The van der Waals surface area contributed by atoms with Gasteiger partial charge in [-0.2, -0.15) is 0 Å². The van der Waals surface area contributed by atoms with Gasteiger partial charge in [-0.05, 0) is 43.5 Å². The van der Waals surface area contributed by atoms with Crippen LogP contribution in [0.25, 0.3) is 0 Å². The minimum atomic E-state index is -0.269. The van der Waals surface area contributed by atoms with Crippen molar-refractivity contribution in [3.05, 3.63) is 63.0 Å². The number of hydrogen-bond donors (Lipinski definition) is 0. The monoisotopic (exact) mass is 283 g/mol. The summed E-state index contributed by atoms with van der Waals surface area (Å²) < 4.78 is 0. The number of anilines is 1. The van der Waals surface area contributed by atoms with Crippen LogP contribution in [0.3, 0.4) is 0 Å². The van der Waals surface area contributed by atoms with Crippen LogP contribution >= 0.6 is 0 Å². The molecule has 0 aliphatic carbocycles. The van der Waals surface area contributed by atoms with Crippen LogP contribution in [-0.2, 0) is 13.0 Å². The van der Waals surface area contributed by atoms with Crippen LogP contribution in [0.2, 0.25) is 0 Å². The van der Waals surface area contributed by atoms with E-state index in [2.05, 4.69) is 16.0 Å². The van der Waals surface area contributed by atoms with E-state index in [1.54, 1.807) is 6.20 Å². The first-order valence-corrected chi connectivity index (χ1v) is 6.99. The van der Waals surface area contributed by atoms with Crippen molar-refractivity contribution in [1.82, 2.24) is 4.98 Å². The minimum absolute atomic E-state index is 0.261. The van der Waals surface area contributed by atoms with Gasteiger partial charge in [0, 0.05) is 42.3 Å². The third-order valence-electron chi connectivity index (χ3n) is 4.10. The van der Waals surface area contributed by atoms with Crippen LogP contribution in [0.1, 0.15) is 22.3 Å². The molecule has 0 radical (unpaired) electrons. The van der Waals surface area contributed by atoms with Crippen LogP contribution in [0, 0.1) is 24.0 Å². The second-order valence-electron chi connectivity index (χ2n) is 5.45. The molecule has 1 aliphatic rings. The highest BCUT2D eigenvalue weighted by Crippen LogP contribution is 2.38. The normalized spacial score (nSPS) is 13.3. The quantitative estimate of drug-likeness (QED) is 0.641. The van der Waals surface area contributed by atoms with E-state index < -0.39 is 0 Å². The Morgan fingerprint density at radius 2 is 2.24 bits per heavy atom. The van der Waals surface area contributed by atoms with Crippen molar-refractivity contribution in [1.29, 1.82) is 0 Å². The summed E-state index contributed by atoms with van der Waals surface area (Å²) in [6.07, 6.45) is 4.49. The van der Waals surface area contributed by atoms with Crippen LogP contribution < -0.4 is 4.90 Å². The van der Waals surface area contributed by atoms with Gasteiger partial charge in [0.15, 0.2) is 0 Å². The molecule has 2 aromatic rings. The summed E-state index contributed by atoms with van der Waals surface area (Å²) in [5.41, 5.74) is 5.18. The predicted molar refractivity (Wildman–Crippen MR) is 81.6 cm³/mol. The molecule has 1 aromatic heterocycles. The Bertz CT molecular complexity index is 698. The zero-order valence-electron chi connectivity index (χ0n) is 12.2. The number of nitrogens with zero attached hydrogens (tertiary/aromatic N) is 3. The molecule has 5 heteroatoms. The summed E-state index contributed by atoms with van der Waals surface area (Å²) in [7, 11) is 0. The van der Waals surface area contributed by atoms with Crippen LogP contribution in [0.4, 0.5) is 11.4 Å². The largest absolute Gasteiger partial charge is 0.367 e. The molecule has 2 heterocycles. The molecule has 1 aliphatic heterocycles. The van der Waals surface area contributed by atoms with Crippen LogP contribution in [0.5, 0.6) is 0 Å². The predicted octanol–water partition coefficient (Wildman–Crippen LogP) is 3.17. The SMILES string of the molecule is Cc1cc2c(c(C)c1[N+](=O)[O-])CCN2Cc1cccnc1. The molecule has 0 fully saturated rings. The van der Waals surface area contributed by atoms with E-state index in [0.717, 1.165) is 47.5 Å². The van der Waals surface area contributed by atoms with E-state index in [1.807, 2.05) is 32.2 Å². The van der Waals surface area contributed by atoms with Crippen molar-refractivity contribution < 1.29 is 4.92 Å². The number of fused-ring (bicyclic) bond motifs is 1. The fourth-order valence-corrected chi connectivity index (χ4v) is 3.11. The van der Waals surface area contributed by atoms with Crippen LogP contribution in [0.15, 0.2) is 30.6 Å². The molecular weight excluding hydrogens is 266 g/mol. The van der Waals surface area contributed by atoms with Gasteiger partial charge < -0.3 is 4.90 Å². The number of aromatic nitrogens is 1. The Morgan fingerprint density at radius 3 is 2.90 bits per heavy atom. The number of rotatable bonds is 3. The molecule has 1 aromatic carbocycles. The van der Waals surface area contributed by atoms with Gasteiger partial charge in [0.1, 0.15) is 0 Å². The van der Waals surface area contributed by atoms with Gasteiger partial charge in [-0.3, -0.25) is 15.1 Å². The van der Waals surface area contributed by atoms with Gasteiger partial charge in [0.25, 0.3) is 5.69 Å². The van der Waals surface area contributed by atoms with Gasteiger partial charge in [-0.1, -0.05) is 6.07 Å². The highest BCUT2D eigenvalue weighted by atomic mass is 16.6. The molecule has 0 bridgehead atoms. The number of nitro benzene ring substituents is 1. The van der Waals surface area contributed by atoms with Gasteiger partial charge >= 0.3 is 0 Å². The first kappa shape index (κ1) is 13.5. The van der Waals surface area contributed by atoms with Gasteiger partial charge in [-0.25, -0.2) is 0 Å². The van der Waals surface area contributed by atoms with Crippen molar-refractivity contribution in [3.8, 4) is 0 Å². The van der Waals surface area contributed by atoms with E-state index in [1.165, 1.54) is 0 Å². The number of benzene rings is 1. The van der Waals surface area contributed by atoms with E-state index in [4.69, 9.17) is 0 Å². The fraction of sp³-hybridized carbons (Fsp3) is 0.312. The molecule has 0 unspecified atom stereocenters. The number of nitro groups is 1. The summed E-state index contributed by atoms with van der Waals surface area (Å²) in [6.45, 7) is 5.35. The number of hydrogen-bond acceptors (Lipinski definition) is 4. The smallest absolute Gasteiger partial charge is 0.275 e. The van der Waals surface area contributed by atoms with Crippen molar-refractivity contribution in [3.63, 3.8) is 0 Å². The Morgan fingerprint density at radius 1 is 1.43 bits per heavy atom. The molecule has 0 spiro atoms. The average Bonchev–Trinajstić information content (AvgIpc) is 2.83. The van der Waals surface area contributed by atoms with Crippen LogP contribution in [-0.4, -0.2) is 16.5 Å². The zero-order valence-corrected chi connectivity index (χ0v) is 12.2. The molecular formula is C16H17N3O2. The lowest BCUT2D eigenvalue weighted by Gasteiger charge is -2.20. The Kier molecular flexibility index (Phi) is 3.33. The van der Waals surface area contributed by atoms with Crippen molar-refractivity contribution in [2.24, 2.45) is 0 Å². The van der Waals surface area contributed by atoms with E-state index in [-0.39, 0.29) is 10.6 Å². The summed E-state index contributed by atoms with van der Waals surface area (Å²) >= 11 is 0. The maximum Gasteiger partial charge on any atom is 0.275 e. The summed E-state index contributed by atoms with van der Waals surface area (Å²) in [4.78, 5) is 17.3. The summed E-state index contributed by atoms with van der Waals surface area (Å²) in [5.74, 6) is 0.